The third-order valence-electron chi connectivity index (χ3n) is 4.10. The van der Waals surface area contributed by atoms with Gasteiger partial charge in [0, 0.05) is 22.8 Å². The van der Waals surface area contributed by atoms with Crippen molar-refractivity contribution in [3.63, 3.8) is 0 Å². The molecule has 176 valence electrons. The van der Waals surface area contributed by atoms with E-state index in [2.05, 4.69) is 20.6 Å². The minimum absolute atomic E-state index is 0.0791. The lowest BCUT2D eigenvalue weighted by Crippen LogP contribution is -2.27. The van der Waals surface area contributed by atoms with Crippen LogP contribution in [0.1, 0.15) is 20.8 Å². The van der Waals surface area contributed by atoms with Gasteiger partial charge in [-0.2, -0.15) is 13.2 Å². The van der Waals surface area contributed by atoms with Crippen LogP contribution in [0, 0.1) is 0 Å². The van der Waals surface area contributed by atoms with E-state index >= 15 is 0 Å². The first-order valence-electron chi connectivity index (χ1n) is 9.83. The lowest BCUT2D eigenvalue weighted by molar-refractivity contribution is -0.153. The maximum atomic E-state index is 12.5. The molecule has 1 heterocycles. The van der Waals surface area contributed by atoms with Crippen molar-refractivity contribution in [1.82, 2.24) is 9.97 Å². The number of hydrogen-bond donors (Lipinski definition) is 2. The summed E-state index contributed by atoms with van der Waals surface area (Å²) in [6.45, 7) is 3.86. The Kier molecular flexibility index (Phi) is 6.80. The Balaban J connectivity index is 1.79. The fraction of sp³-hybridized carbons (Fsp3) is 0.318. The second-order valence-electron chi connectivity index (χ2n) is 7.98. The van der Waals surface area contributed by atoms with Crippen LogP contribution in [0.3, 0.4) is 0 Å². The molecule has 0 bridgehead atoms. The molecule has 2 aromatic carbocycles. The predicted octanol–water partition coefficient (Wildman–Crippen LogP) is 5.67. The summed E-state index contributed by atoms with van der Waals surface area (Å²) in [5.41, 5.74) is 0.948. The van der Waals surface area contributed by atoms with Crippen LogP contribution in [0.25, 0.3) is 10.9 Å². The number of rotatable bonds is 6. The molecule has 0 saturated heterocycles. The molecule has 0 aliphatic heterocycles. The summed E-state index contributed by atoms with van der Waals surface area (Å²) in [6.07, 6.45) is -3.77. The molecule has 2 N–H and O–H groups in total. The van der Waals surface area contributed by atoms with Crippen molar-refractivity contribution in [3.05, 3.63) is 42.7 Å². The van der Waals surface area contributed by atoms with Gasteiger partial charge in [0.05, 0.1) is 12.6 Å². The van der Waals surface area contributed by atoms with Crippen LogP contribution in [-0.2, 0) is 4.74 Å². The van der Waals surface area contributed by atoms with E-state index in [9.17, 15) is 18.0 Å². The molecular formula is C22H23F3N4O4. The minimum Gasteiger partial charge on any atom is -0.493 e. The number of hydrogen-bond acceptors (Lipinski definition) is 7. The molecule has 0 radical (unpaired) electrons. The molecule has 0 fully saturated rings. The number of benzene rings is 2. The highest BCUT2D eigenvalue weighted by Gasteiger charge is 2.29. The maximum absolute atomic E-state index is 12.5. The predicted molar refractivity (Wildman–Crippen MR) is 117 cm³/mol. The topological polar surface area (TPSA) is 94.6 Å². The second kappa shape index (κ2) is 9.39. The van der Waals surface area contributed by atoms with Gasteiger partial charge in [0.1, 0.15) is 17.7 Å². The minimum atomic E-state index is -4.48. The molecule has 3 aromatic rings. The number of nitrogens with one attached hydrogen (secondary N) is 2. The van der Waals surface area contributed by atoms with Gasteiger partial charge in [0.2, 0.25) is 0 Å². The SMILES string of the molecule is COc1cc2c(Nc3ccc(NC(=O)OC(C)(C)C)cc3)ncnc2cc1OCC(F)(F)F. The maximum Gasteiger partial charge on any atom is 0.422 e. The van der Waals surface area contributed by atoms with Crippen molar-refractivity contribution in [2.75, 3.05) is 24.4 Å². The summed E-state index contributed by atoms with van der Waals surface area (Å²) in [5.74, 6) is 0.444. The van der Waals surface area contributed by atoms with Crippen LogP contribution in [0.15, 0.2) is 42.7 Å². The van der Waals surface area contributed by atoms with E-state index in [0.717, 1.165) is 0 Å². The molecule has 33 heavy (non-hydrogen) atoms. The summed E-state index contributed by atoms with van der Waals surface area (Å²) in [6, 6.07) is 9.67. The Labute approximate surface area is 188 Å². The Hall–Kier alpha value is -3.76. The van der Waals surface area contributed by atoms with Crippen LogP contribution in [0.2, 0.25) is 0 Å². The molecule has 0 unspecified atom stereocenters. The second-order valence-corrected chi connectivity index (χ2v) is 7.98. The van der Waals surface area contributed by atoms with Crippen molar-refractivity contribution < 1.29 is 32.2 Å². The van der Waals surface area contributed by atoms with Gasteiger partial charge >= 0.3 is 12.3 Å². The van der Waals surface area contributed by atoms with Crippen LogP contribution >= 0.6 is 0 Å². The number of carbonyl (C=O) groups is 1. The third-order valence-corrected chi connectivity index (χ3v) is 4.10. The number of fused-ring (bicyclic) bond motifs is 1. The van der Waals surface area contributed by atoms with Crippen molar-refractivity contribution >= 4 is 34.2 Å². The molecular weight excluding hydrogens is 441 g/mol. The van der Waals surface area contributed by atoms with Crippen molar-refractivity contribution in [2.45, 2.75) is 32.5 Å². The first kappa shape index (κ1) is 23.9. The molecule has 11 heteroatoms. The number of alkyl halides is 3. The van der Waals surface area contributed by atoms with Gasteiger partial charge in [-0.1, -0.05) is 0 Å². The lowest BCUT2D eigenvalue weighted by atomic mass is 10.2. The summed E-state index contributed by atoms with van der Waals surface area (Å²) in [5, 5.41) is 6.28. The van der Waals surface area contributed by atoms with Gasteiger partial charge in [-0.25, -0.2) is 14.8 Å². The highest BCUT2D eigenvalue weighted by atomic mass is 19.4. The third kappa shape index (κ3) is 6.86. The normalized spacial score (nSPS) is 11.7. The first-order valence-corrected chi connectivity index (χ1v) is 9.83. The van der Waals surface area contributed by atoms with E-state index in [0.29, 0.717) is 28.1 Å². The zero-order chi connectivity index (χ0) is 24.2. The highest BCUT2D eigenvalue weighted by molar-refractivity contribution is 5.93. The number of ether oxygens (including phenoxy) is 3. The first-order chi connectivity index (χ1) is 15.4. The van der Waals surface area contributed by atoms with Crippen LogP contribution < -0.4 is 20.1 Å². The molecule has 8 nitrogen and oxygen atoms in total. The Bertz CT molecular complexity index is 1130. The van der Waals surface area contributed by atoms with Crippen LogP contribution in [0.5, 0.6) is 11.5 Å². The van der Waals surface area contributed by atoms with Gasteiger partial charge in [0.15, 0.2) is 18.1 Å². The van der Waals surface area contributed by atoms with Gasteiger partial charge < -0.3 is 19.5 Å². The van der Waals surface area contributed by atoms with Crippen LogP contribution in [-0.4, -0.2) is 41.6 Å². The fourth-order valence-corrected chi connectivity index (χ4v) is 2.79. The molecule has 0 aliphatic carbocycles. The van der Waals surface area contributed by atoms with Crippen LogP contribution in [0.4, 0.5) is 35.2 Å². The number of nitrogens with zero attached hydrogens (tertiary/aromatic N) is 2. The molecule has 1 amide bonds. The zero-order valence-corrected chi connectivity index (χ0v) is 18.4. The van der Waals surface area contributed by atoms with Gasteiger partial charge in [-0.3, -0.25) is 5.32 Å². The molecule has 0 spiro atoms. The van der Waals surface area contributed by atoms with Crippen molar-refractivity contribution in [1.29, 1.82) is 0 Å². The smallest absolute Gasteiger partial charge is 0.422 e. The molecule has 1 aromatic heterocycles. The average molecular weight is 464 g/mol. The fourth-order valence-electron chi connectivity index (χ4n) is 2.79. The Morgan fingerprint density at radius 1 is 1.00 bits per heavy atom. The summed E-state index contributed by atoms with van der Waals surface area (Å²) >= 11 is 0. The number of anilines is 3. The molecule has 0 aliphatic rings. The van der Waals surface area contributed by atoms with E-state index in [1.165, 1.54) is 25.6 Å². The number of amides is 1. The number of carbonyl (C=O) groups excluding carboxylic acids is 1. The highest BCUT2D eigenvalue weighted by Crippen LogP contribution is 2.35. The van der Waals surface area contributed by atoms with Crippen molar-refractivity contribution in [2.24, 2.45) is 0 Å². The Morgan fingerprint density at radius 3 is 2.27 bits per heavy atom. The number of halogens is 3. The Morgan fingerprint density at radius 2 is 1.67 bits per heavy atom. The van der Waals surface area contributed by atoms with E-state index in [1.807, 2.05) is 0 Å². The van der Waals surface area contributed by atoms with E-state index in [-0.39, 0.29) is 11.5 Å². The van der Waals surface area contributed by atoms with Gasteiger partial charge in [-0.15, -0.1) is 0 Å². The van der Waals surface area contributed by atoms with E-state index < -0.39 is 24.5 Å². The average Bonchev–Trinajstić information content (AvgIpc) is 2.71. The van der Waals surface area contributed by atoms with Crippen molar-refractivity contribution in [3.8, 4) is 11.5 Å². The molecule has 0 saturated carbocycles. The number of aromatic nitrogens is 2. The monoisotopic (exact) mass is 464 g/mol. The van der Waals surface area contributed by atoms with Gasteiger partial charge in [0.25, 0.3) is 0 Å². The summed E-state index contributed by atoms with van der Waals surface area (Å²) in [4.78, 5) is 20.2. The summed E-state index contributed by atoms with van der Waals surface area (Å²) < 4.78 is 52.9. The lowest BCUT2D eigenvalue weighted by Gasteiger charge is -2.19. The van der Waals surface area contributed by atoms with Gasteiger partial charge in [-0.05, 0) is 51.1 Å². The van der Waals surface area contributed by atoms with E-state index in [4.69, 9.17) is 14.2 Å². The summed E-state index contributed by atoms with van der Waals surface area (Å²) in [7, 11) is 1.33. The van der Waals surface area contributed by atoms with E-state index in [1.54, 1.807) is 45.0 Å². The largest absolute Gasteiger partial charge is 0.493 e. The molecule has 0 atom stereocenters. The zero-order valence-electron chi connectivity index (χ0n) is 18.4. The molecule has 3 rings (SSSR count). The standard InChI is InChI=1S/C22H23F3N4O4/c1-21(2,3)33-20(30)29-14-7-5-13(6-8-14)28-19-15-9-17(31-4)18(32-11-22(23,24)25)10-16(15)26-12-27-19/h5-10,12H,11H2,1-4H3,(H,29,30)(H,26,27,28). The number of methoxy groups -OCH3 is 1. The quantitative estimate of drug-likeness (QED) is 0.485.